The minimum Gasteiger partial charge on any atom is -0.442 e. The number of Topliss-reactive ketones (excluding diaryl/α,β-unsaturated/α-hetero) is 1. The van der Waals surface area contributed by atoms with Crippen molar-refractivity contribution in [2.24, 2.45) is 0 Å². The Kier molecular flexibility index (Phi) is 2.39. The quantitative estimate of drug-likeness (QED) is 0.740. The van der Waals surface area contributed by atoms with Gasteiger partial charge in [0.05, 0.1) is 4.88 Å². The standard InChI is InChI=1S/C9H6ClNO2S/c1-5(12)7-4-11-9(14-7)6-2-3-8(10)13-6/h2-4H,1H3. The SMILES string of the molecule is CC(=O)c1cnc(-c2ccc(Cl)o2)s1. The maximum atomic E-state index is 11.0. The predicted molar refractivity (Wildman–Crippen MR) is 54.8 cm³/mol. The van der Waals surface area contributed by atoms with Crippen molar-refractivity contribution in [1.29, 1.82) is 0 Å². The summed E-state index contributed by atoms with van der Waals surface area (Å²) in [4.78, 5) is 15.7. The number of nitrogens with zero attached hydrogens (tertiary/aromatic N) is 1. The molecule has 0 bridgehead atoms. The van der Waals surface area contributed by atoms with Gasteiger partial charge in [0.1, 0.15) is 0 Å². The third-order valence-corrected chi connectivity index (χ3v) is 2.95. The molecule has 0 amide bonds. The van der Waals surface area contributed by atoms with Crippen LogP contribution in [0.1, 0.15) is 16.6 Å². The molecule has 3 nitrogen and oxygen atoms in total. The summed E-state index contributed by atoms with van der Waals surface area (Å²) in [5, 5.41) is 0.988. The lowest BCUT2D eigenvalue weighted by molar-refractivity contribution is 0.102. The van der Waals surface area contributed by atoms with Gasteiger partial charge >= 0.3 is 0 Å². The molecule has 0 saturated heterocycles. The van der Waals surface area contributed by atoms with Crippen LogP contribution in [-0.4, -0.2) is 10.8 Å². The van der Waals surface area contributed by atoms with Crippen LogP contribution in [-0.2, 0) is 0 Å². The first-order valence-electron chi connectivity index (χ1n) is 3.89. The second kappa shape index (κ2) is 3.55. The number of rotatable bonds is 2. The minimum atomic E-state index is 0.00593. The van der Waals surface area contributed by atoms with Crippen molar-refractivity contribution in [2.45, 2.75) is 6.92 Å². The molecule has 0 unspecified atom stereocenters. The first-order chi connectivity index (χ1) is 6.66. The van der Waals surface area contributed by atoms with E-state index in [-0.39, 0.29) is 5.78 Å². The number of aromatic nitrogens is 1. The van der Waals surface area contributed by atoms with Crippen LogP contribution >= 0.6 is 22.9 Å². The van der Waals surface area contributed by atoms with Crippen LogP contribution in [0, 0.1) is 0 Å². The van der Waals surface area contributed by atoms with Crippen LogP contribution in [0.4, 0.5) is 0 Å². The zero-order chi connectivity index (χ0) is 10.1. The van der Waals surface area contributed by atoms with Gasteiger partial charge in [0.15, 0.2) is 21.8 Å². The fraction of sp³-hybridized carbons (Fsp3) is 0.111. The highest BCUT2D eigenvalue weighted by atomic mass is 35.5. The Morgan fingerprint density at radius 3 is 2.86 bits per heavy atom. The predicted octanol–water partition coefficient (Wildman–Crippen LogP) is 3.26. The Bertz CT molecular complexity index is 475. The topological polar surface area (TPSA) is 43.1 Å². The molecular weight excluding hydrogens is 222 g/mol. The number of hydrogen-bond donors (Lipinski definition) is 0. The molecule has 2 rings (SSSR count). The number of carbonyl (C=O) groups is 1. The maximum Gasteiger partial charge on any atom is 0.194 e. The van der Waals surface area contributed by atoms with Gasteiger partial charge in [-0.1, -0.05) is 0 Å². The van der Waals surface area contributed by atoms with Gasteiger partial charge in [-0.05, 0) is 23.7 Å². The van der Waals surface area contributed by atoms with E-state index in [0.29, 0.717) is 20.9 Å². The van der Waals surface area contributed by atoms with Crippen molar-refractivity contribution < 1.29 is 9.21 Å². The molecule has 0 saturated carbocycles. The summed E-state index contributed by atoms with van der Waals surface area (Å²) in [6, 6.07) is 3.37. The highest BCUT2D eigenvalue weighted by Crippen LogP contribution is 2.28. The van der Waals surface area contributed by atoms with E-state index in [1.54, 1.807) is 18.3 Å². The zero-order valence-corrected chi connectivity index (χ0v) is 8.85. The molecule has 0 atom stereocenters. The van der Waals surface area contributed by atoms with Gasteiger partial charge in [-0.25, -0.2) is 4.98 Å². The molecule has 2 heterocycles. The molecule has 0 aromatic carbocycles. The highest BCUT2D eigenvalue weighted by molar-refractivity contribution is 7.16. The smallest absolute Gasteiger partial charge is 0.194 e. The summed E-state index contributed by atoms with van der Waals surface area (Å²) in [6.07, 6.45) is 1.54. The molecule has 0 spiro atoms. The Morgan fingerprint density at radius 1 is 1.57 bits per heavy atom. The Hall–Kier alpha value is -1.13. The van der Waals surface area contributed by atoms with E-state index in [1.165, 1.54) is 18.3 Å². The zero-order valence-electron chi connectivity index (χ0n) is 7.28. The van der Waals surface area contributed by atoms with Crippen LogP contribution in [0.15, 0.2) is 22.7 Å². The van der Waals surface area contributed by atoms with Crippen molar-refractivity contribution in [3.05, 3.63) is 28.4 Å². The highest BCUT2D eigenvalue weighted by Gasteiger charge is 2.10. The molecule has 72 valence electrons. The Labute approximate surface area is 89.3 Å². The van der Waals surface area contributed by atoms with Gasteiger partial charge < -0.3 is 4.42 Å². The fourth-order valence-corrected chi connectivity index (χ4v) is 1.90. The lowest BCUT2D eigenvalue weighted by Crippen LogP contribution is -1.83. The van der Waals surface area contributed by atoms with Crippen LogP contribution in [0.3, 0.4) is 0 Å². The van der Waals surface area contributed by atoms with Crippen molar-refractivity contribution in [3.63, 3.8) is 0 Å². The lowest BCUT2D eigenvalue weighted by atomic mass is 10.4. The molecule has 0 radical (unpaired) electrons. The molecule has 0 aliphatic carbocycles. The van der Waals surface area contributed by atoms with Gasteiger partial charge in [0, 0.05) is 13.1 Å². The summed E-state index contributed by atoms with van der Waals surface area (Å²) in [5.74, 6) is 0.596. The number of carbonyl (C=O) groups excluding carboxylic acids is 1. The molecule has 2 aromatic rings. The molecule has 0 N–H and O–H groups in total. The van der Waals surface area contributed by atoms with Gasteiger partial charge in [0.25, 0.3) is 0 Å². The van der Waals surface area contributed by atoms with E-state index < -0.39 is 0 Å². The molecule has 0 aliphatic heterocycles. The van der Waals surface area contributed by atoms with Crippen molar-refractivity contribution in [2.75, 3.05) is 0 Å². The number of hydrogen-bond acceptors (Lipinski definition) is 4. The van der Waals surface area contributed by atoms with E-state index >= 15 is 0 Å². The van der Waals surface area contributed by atoms with E-state index in [2.05, 4.69) is 4.98 Å². The van der Waals surface area contributed by atoms with Gasteiger partial charge in [0.2, 0.25) is 0 Å². The average Bonchev–Trinajstić information content (AvgIpc) is 2.70. The lowest BCUT2D eigenvalue weighted by Gasteiger charge is -1.86. The van der Waals surface area contributed by atoms with E-state index in [0.717, 1.165) is 0 Å². The molecule has 5 heteroatoms. The minimum absolute atomic E-state index is 0.00593. The average molecular weight is 228 g/mol. The number of thiazole rings is 1. The van der Waals surface area contributed by atoms with Gasteiger partial charge in [-0.3, -0.25) is 4.79 Å². The summed E-state index contributed by atoms with van der Waals surface area (Å²) in [7, 11) is 0. The molecular formula is C9H6ClNO2S. The summed E-state index contributed by atoms with van der Waals surface area (Å²) in [5.41, 5.74) is 0. The second-order valence-electron chi connectivity index (χ2n) is 2.69. The largest absolute Gasteiger partial charge is 0.442 e. The number of furan rings is 1. The molecule has 0 fully saturated rings. The summed E-state index contributed by atoms with van der Waals surface area (Å²) in [6.45, 7) is 1.51. The first-order valence-corrected chi connectivity index (χ1v) is 5.09. The van der Waals surface area contributed by atoms with Gasteiger partial charge in [-0.15, -0.1) is 11.3 Å². The van der Waals surface area contributed by atoms with E-state index in [1.807, 2.05) is 0 Å². The van der Waals surface area contributed by atoms with Crippen LogP contribution in [0.2, 0.25) is 5.22 Å². The third-order valence-electron chi connectivity index (χ3n) is 1.64. The number of ketones is 1. The van der Waals surface area contributed by atoms with Crippen LogP contribution in [0.25, 0.3) is 10.8 Å². The normalized spacial score (nSPS) is 10.4. The monoisotopic (exact) mass is 227 g/mol. The fourth-order valence-electron chi connectivity index (χ4n) is 0.980. The Morgan fingerprint density at radius 2 is 2.36 bits per heavy atom. The molecule has 0 aliphatic rings. The molecule has 14 heavy (non-hydrogen) atoms. The Balaban J connectivity index is 2.38. The van der Waals surface area contributed by atoms with E-state index in [4.69, 9.17) is 16.0 Å². The summed E-state index contributed by atoms with van der Waals surface area (Å²) < 4.78 is 5.16. The third kappa shape index (κ3) is 1.71. The maximum absolute atomic E-state index is 11.0. The van der Waals surface area contributed by atoms with Crippen molar-refractivity contribution in [3.8, 4) is 10.8 Å². The van der Waals surface area contributed by atoms with Crippen LogP contribution < -0.4 is 0 Å². The van der Waals surface area contributed by atoms with E-state index in [9.17, 15) is 4.79 Å². The summed E-state index contributed by atoms with van der Waals surface area (Å²) >= 11 is 6.92. The van der Waals surface area contributed by atoms with Crippen molar-refractivity contribution >= 4 is 28.7 Å². The van der Waals surface area contributed by atoms with Gasteiger partial charge in [-0.2, -0.15) is 0 Å². The molecule has 2 aromatic heterocycles. The van der Waals surface area contributed by atoms with Crippen molar-refractivity contribution in [1.82, 2.24) is 4.98 Å². The second-order valence-corrected chi connectivity index (χ2v) is 4.09. The van der Waals surface area contributed by atoms with Crippen LogP contribution in [0.5, 0.6) is 0 Å². The number of halogens is 1. The first kappa shape index (κ1) is 9.43.